The van der Waals surface area contributed by atoms with Crippen molar-refractivity contribution >= 4 is 28.4 Å². The zero-order valence-electron chi connectivity index (χ0n) is 9.53. The quantitative estimate of drug-likeness (QED) is 0.766. The lowest BCUT2D eigenvalue weighted by atomic mass is 10.2. The molecular weight excluding hydrogens is 224 g/mol. The lowest BCUT2D eigenvalue weighted by Crippen LogP contribution is -2.18. The van der Waals surface area contributed by atoms with E-state index in [4.69, 9.17) is 16.0 Å². The Hall–Kier alpha value is -1.22. The minimum absolute atomic E-state index is 0.690. The van der Waals surface area contributed by atoms with E-state index in [1.165, 1.54) is 0 Å². The topological polar surface area (TPSA) is 29.3 Å². The molecule has 1 aromatic heterocycles. The molecule has 1 aromatic carbocycles. The van der Waals surface area contributed by atoms with Crippen LogP contribution in [0.15, 0.2) is 22.6 Å². The van der Waals surface area contributed by atoms with Gasteiger partial charge in [-0.3, -0.25) is 0 Å². The lowest BCUT2D eigenvalue weighted by Gasteiger charge is -2.18. The number of aromatic nitrogens is 1. The minimum Gasteiger partial charge on any atom is -0.441 e. The average Bonchev–Trinajstić information content (AvgIpc) is 2.64. The first-order valence-electron chi connectivity index (χ1n) is 5.35. The van der Waals surface area contributed by atoms with Gasteiger partial charge >= 0.3 is 0 Å². The van der Waals surface area contributed by atoms with Crippen molar-refractivity contribution in [3.8, 4) is 0 Å². The summed E-state index contributed by atoms with van der Waals surface area (Å²) in [5.41, 5.74) is 2.89. The van der Waals surface area contributed by atoms with Crippen LogP contribution in [0.3, 0.4) is 0 Å². The van der Waals surface area contributed by atoms with Crippen molar-refractivity contribution in [3.05, 3.63) is 24.1 Å². The van der Waals surface area contributed by atoms with Gasteiger partial charge in [0.25, 0.3) is 0 Å². The van der Waals surface area contributed by atoms with Crippen molar-refractivity contribution in [1.82, 2.24) is 4.98 Å². The summed E-state index contributed by atoms with van der Waals surface area (Å²) < 4.78 is 5.43. The Morgan fingerprint density at radius 2 is 2.25 bits per heavy atom. The molecule has 3 nitrogen and oxygen atoms in total. The van der Waals surface area contributed by atoms with Crippen LogP contribution in [-0.2, 0) is 0 Å². The highest BCUT2D eigenvalue weighted by molar-refractivity contribution is 6.17. The number of hydrogen-bond acceptors (Lipinski definition) is 3. The predicted octanol–water partition coefficient (Wildman–Crippen LogP) is 3.20. The summed E-state index contributed by atoms with van der Waals surface area (Å²) in [7, 11) is 2.06. The predicted molar refractivity (Wildman–Crippen MR) is 67.4 cm³/mol. The molecule has 0 spiro atoms. The first-order valence-corrected chi connectivity index (χ1v) is 5.88. The summed E-state index contributed by atoms with van der Waals surface area (Å²) in [6.45, 7) is 2.81. The molecule has 0 aliphatic carbocycles. The lowest BCUT2D eigenvalue weighted by molar-refractivity contribution is 0.561. The molecular formula is C12H15ClN2O. The van der Waals surface area contributed by atoms with Crippen molar-refractivity contribution in [2.75, 3.05) is 24.4 Å². The fraction of sp³-hybridized carbons (Fsp3) is 0.417. The van der Waals surface area contributed by atoms with E-state index in [1.54, 1.807) is 0 Å². The number of nitrogens with zero attached hydrogens (tertiary/aromatic N) is 2. The molecule has 86 valence electrons. The SMILES string of the molecule is Cc1nc2cc(N(C)CCCCl)ccc2o1. The molecule has 0 fully saturated rings. The highest BCUT2D eigenvalue weighted by atomic mass is 35.5. The third-order valence-electron chi connectivity index (χ3n) is 2.55. The number of anilines is 1. The number of alkyl halides is 1. The normalized spacial score (nSPS) is 10.9. The van der Waals surface area contributed by atoms with Gasteiger partial charge in [-0.25, -0.2) is 4.98 Å². The van der Waals surface area contributed by atoms with Crippen molar-refractivity contribution < 1.29 is 4.42 Å². The van der Waals surface area contributed by atoms with Crippen LogP contribution < -0.4 is 4.90 Å². The Balaban J connectivity index is 2.24. The molecule has 0 aliphatic heterocycles. The van der Waals surface area contributed by atoms with Gasteiger partial charge in [-0.05, 0) is 24.6 Å². The van der Waals surface area contributed by atoms with Crippen LogP contribution in [0.25, 0.3) is 11.1 Å². The van der Waals surface area contributed by atoms with Gasteiger partial charge in [0, 0.05) is 32.1 Å². The van der Waals surface area contributed by atoms with E-state index in [-0.39, 0.29) is 0 Å². The highest BCUT2D eigenvalue weighted by Crippen LogP contribution is 2.21. The molecule has 0 bridgehead atoms. The fourth-order valence-corrected chi connectivity index (χ4v) is 1.81. The molecule has 0 amide bonds. The number of benzene rings is 1. The van der Waals surface area contributed by atoms with Crippen LogP contribution in [0.1, 0.15) is 12.3 Å². The number of halogens is 1. The largest absolute Gasteiger partial charge is 0.441 e. The maximum absolute atomic E-state index is 5.68. The van der Waals surface area contributed by atoms with Crippen molar-refractivity contribution in [2.45, 2.75) is 13.3 Å². The maximum atomic E-state index is 5.68. The van der Waals surface area contributed by atoms with Crippen molar-refractivity contribution in [3.63, 3.8) is 0 Å². The molecule has 2 aromatic rings. The molecule has 16 heavy (non-hydrogen) atoms. The van der Waals surface area contributed by atoms with Crippen molar-refractivity contribution in [2.24, 2.45) is 0 Å². The van der Waals surface area contributed by atoms with Gasteiger partial charge in [0.15, 0.2) is 11.5 Å². The number of aryl methyl sites for hydroxylation is 1. The standard InChI is InChI=1S/C12H15ClN2O/c1-9-14-11-8-10(4-5-12(11)16-9)15(2)7-3-6-13/h4-5,8H,3,6-7H2,1-2H3. The van der Waals surface area contributed by atoms with E-state index >= 15 is 0 Å². The van der Waals surface area contributed by atoms with E-state index in [9.17, 15) is 0 Å². The summed E-state index contributed by atoms with van der Waals surface area (Å²) in [5.74, 6) is 1.39. The summed E-state index contributed by atoms with van der Waals surface area (Å²) in [6, 6.07) is 6.04. The molecule has 0 aliphatic rings. The molecule has 0 saturated carbocycles. The smallest absolute Gasteiger partial charge is 0.192 e. The molecule has 0 radical (unpaired) electrons. The maximum Gasteiger partial charge on any atom is 0.192 e. The van der Waals surface area contributed by atoms with Crippen LogP contribution >= 0.6 is 11.6 Å². The van der Waals surface area contributed by atoms with E-state index < -0.39 is 0 Å². The second-order valence-electron chi connectivity index (χ2n) is 3.85. The first-order chi connectivity index (χ1) is 7.70. The van der Waals surface area contributed by atoms with Crippen LogP contribution in [0.2, 0.25) is 0 Å². The molecule has 1 heterocycles. The van der Waals surface area contributed by atoms with Crippen LogP contribution in [0, 0.1) is 6.92 Å². The molecule has 2 rings (SSSR count). The Bertz CT molecular complexity index is 481. The zero-order chi connectivity index (χ0) is 11.5. The third-order valence-corrected chi connectivity index (χ3v) is 2.81. The van der Waals surface area contributed by atoms with Crippen LogP contribution in [0.5, 0.6) is 0 Å². The summed E-state index contributed by atoms with van der Waals surface area (Å²) in [4.78, 5) is 6.49. The van der Waals surface area contributed by atoms with Gasteiger partial charge in [-0.15, -0.1) is 11.6 Å². The molecule has 0 atom stereocenters. The number of rotatable bonds is 4. The second-order valence-corrected chi connectivity index (χ2v) is 4.23. The number of hydrogen-bond donors (Lipinski definition) is 0. The van der Waals surface area contributed by atoms with Gasteiger partial charge in [0.1, 0.15) is 5.52 Å². The van der Waals surface area contributed by atoms with Gasteiger partial charge in [0.05, 0.1) is 0 Å². The monoisotopic (exact) mass is 238 g/mol. The van der Waals surface area contributed by atoms with E-state index in [2.05, 4.69) is 16.9 Å². The molecule has 4 heteroatoms. The van der Waals surface area contributed by atoms with Gasteiger partial charge in [0.2, 0.25) is 0 Å². The van der Waals surface area contributed by atoms with E-state index in [0.29, 0.717) is 11.8 Å². The Morgan fingerprint density at radius 3 is 3.00 bits per heavy atom. The van der Waals surface area contributed by atoms with Gasteiger partial charge < -0.3 is 9.32 Å². The Labute approximate surface area is 100 Å². The van der Waals surface area contributed by atoms with Crippen LogP contribution in [0.4, 0.5) is 5.69 Å². The molecule has 0 N–H and O–H groups in total. The third kappa shape index (κ3) is 2.30. The van der Waals surface area contributed by atoms with Crippen LogP contribution in [-0.4, -0.2) is 24.5 Å². The van der Waals surface area contributed by atoms with E-state index in [0.717, 1.165) is 29.8 Å². The Morgan fingerprint density at radius 1 is 1.44 bits per heavy atom. The summed E-state index contributed by atoms with van der Waals surface area (Å²) in [5, 5.41) is 0. The number of oxazole rings is 1. The second kappa shape index (κ2) is 4.74. The minimum atomic E-state index is 0.690. The van der Waals surface area contributed by atoms with Gasteiger partial charge in [-0.2, -0.15) is 0 Å². The summed E-state index contributed by atoms with van der Waals surface area (Å²) >= 11 is 5.68. The van der Waals surface area contributed by atoms with Crippen molar-refractivity contribution in [1.29, 1.82) is 0 Å². The molecule has 0 unspecified atom stereocenters. The summed E-state index contributed by atoms with van der Waals surface area (Å²) in [6.07, 6.45) is 0.980. The average molecular weight is 239 g/mol. The zero-order valence-corrected chi connectivity index (χ0v) is 10.3. The van der Waals surface area contributed by atoms with E-state index in [1.807, 2.05) is 25.1 Å². The number of fused-ring (bicyclic) bond motifs is 1. The fourth-order valence-electron chi connectivity index (χ4n) is 1.69. The van der Waals surface area contributed by atoms with Gasteiger partial charge in [-0.1, -0.05) is 0 Å². The Kier molecular flexibility index (Phi) is 3.34. The molecule has 0 saturated heterocycles. The first kappa shape index (κ1) is 11.3. The highest BCUT2D eigenvalue weighted by Gasteiger charge is 2.05.